The van der Waals surface area contributed by atoms with Gasteiger partial charge in [0.05, 0.1) is 11.2 Å². The maximum atomic E-state index is 4.67. The molecule has 0 amide bonds. The van der Waals surface area contributed by atoms with Crippen LogP contribution in [-0.4, -0.2) is 4.98 Å². The molecule has 0 atom stereocenters. The minimum atomic E-state index is 0.933. The number of rotatable bonds is 2. The minimum absolute atomic E-state index is 0.933. The van der Waals surface area contributed by atoms with Crippen LogP contribution in [0.2, 0.25) is 0 Å². The van der Waals surface area contributed by atoms with E-state index in [1.807, 2.05) is 24.3 Å². The first-order chi connectivity index (χ1) is 9.24. The average Bonchev–Trinajstić information content (AvgIpc) is 2.47. The third-order valence-electron chi connectivity index (χ3n) is 3.31. The normalized spacial score (nSPS) is 10.6. The molecule has 3 aromatic rings. The van der Waals surface area contributed by atoms with Crippen molar-refractivity contribution in [3.05, 3.63) is 84.1 Å². The highest BCUT2D eigenvalue weighted by Gasteiger charge is 2.04. The summed E-state index contributed by atoms with van der Waals surface area (Å²) < 4.78 is 0. The zero-order chi connectivity index (χ0) is 13.2. The van der Waals surface area contributed by atoms with Crippen LogP contribution in [0.25, 0.3) is 16.5 Å². The van der Waals surface area contributed by atoms with E-state index in [4.69, 9.17) is 0 Å². The van der Waals surface area contributed by atoms with Crippen molar-refractivity contribution in [3.63, 3.8) is 0 Å². The molecule has 0 fully saturated rings. The Kier molecular flexibility index (Phi) is 2.88. The minimum Gasteiger partial charge on any atom is -0.248 e. The zero-order valence-electron chi connectivity index (χ0n) is 10.9. The fourth-order valence-electron chi connectivity index (χ4n) is 2.14. The lowest BCUT2D eigenvalue weighted by Gasteiger charge is -2.07. The van der Waals surface area contributed by atoms with Crippen LogP contribution >= 0.6 is 0 Å². The third-order valence-corrected chi connectivity index (χ3v) is 3.31. The predicted molar refractivity (Wildman–Crippen MR) is 81.1 cm³/mol. The van der Waals surface area contributed by atoms with Crippen LogP contribution in [0.1, 0.15) is 16.8 Å². The van der Waals surface area contributed by atoms with Crippen molar-refractivity contribution in [1.29, 1.82) is 0 Å². The smallest absolute Gasteiger partial charge is 0.0709 e. The lowest BCUT2D eigenvalue weighted by Crippen LogP contribution is -1.91. The summed E-state index contributed by atoms with van der Waals surface area (Å²) in [5, 5.41) is 1.16. The molecule has 0 spiro atoms. The highest BCUT2D eigenvalue weighted by atomic mass is 14.7. The van der Waals surface area contributed by atoms with Gasteiger partial charge in [0.25, 0.3) is 0 Å². The Bertz CT molecular complexity index is 739. The Morgan fingerprint density at radius 2 is 1.63 bits per heavy atom. The first-order valence-corrected chi connectivity index (χ1v) is 6.36. The van der Waals surface area contributed by atoms with Gasteiger partial charge >= 0.3 is 0 Å². The third kappa shape index (κ3) is 2.27. The molecular formula is C18H15N. The number of aromatic nitrogens is 1. The average molecular weight is 245 g/mol. The molecule has 19 heavy (non-hydrogen) atoms. The summed E-state index contributed by atoms with van der Waals surface area (Å²) in [6, 6.07) is 20.6. The molecule has 0 unspecified atom stereocenters. The predicted octanol–water partition coefficient (Wildman–Crippen LogP) is 4.60. The maximum absolute atomic E-state index is 4.67. The van der Waals surface area contributed by atoms with E-state index in [0.29, 0.717) is 0 Å². The summed E-state index contributed by atoms with van der Waals surface area (Å²) in [5.74, 6) is 0. The van der Waals surface area contributed by atoms with Gasteiger partial charge in [0, 0.05) is 11.0 Å². The molecule has 1 nitrogen and oxygen atoms in total. The highest BCUT2D eigenvalue weighted by molar-refractivity contribution is 5.83. The van der Waals surface area contributed by atoms with Crippen LogP contribution in [0, 0.1) is 6.92 Å². The summed E-state index contributed by atoms with van der Waals surface area (Å²) in [4.78, 5) is 4.67. The zero-order valence-corrected chi connectivity index (χ0v) is 10.9. The molecule has 0 saturated carbocycles. The van der Waals surface area contributed by atoms with E-state index < -0.39 is 0 Å². The van der Waals surface area contributed by atoms with E-state index >= 15 is 0 Å². The second kappa shape index (κ2) is 4.69. The van der Waals surface area contributed by atoms with Crippen molar-refractivity contribution in [1.82, 2.24) is 4.98 Å². The Morgan fingerprint density at radius 1 is 0.895 bits per heavy atom. The van der Waals surface area contributed by atoms with Crippen LogP contribution in [-0.2, 0) is 0 Å². The SMILES string of the molecule is C=C(c1ccc(C)cc1)c1ccc2ccccc2n1. The summed E-state index contributed by atoms with van der Waals surface area (Å²) >= 11 is 0. The van der Waals surface area contributed by atoms with Gasteiger partial charge in [0.15, 0.2) is 0 Å². The summed E-state index contributed by atoms with van der Waals surface area (Å²) in [6.07, 6.45) is 0. The summed E-state index contributed by atoms with van der Waals surface area (Å²) in [7, 11) is 0. The molecule has 0 N–H and O–H groups in total. The molecule has 1 aromatic heterocycles. The van der Waals surface area contributed by atoms with Crippen LogP contribution in [0.15, 0.2) is 67.2 Å². The van der Waals surface area contributed by atoms with Gasteiger partial charge in [-0.15, -0.1) is 0 Å². The van der Waals surface area contributed by atoms with Crippen molar-refractivity contribution in [2.45, 2.75) is 6.92 Å². The van der Waals surface area contributed by atoms with E-state index in [2.05, 4.69) is 54.9 Å². The van der Waals surface area contributed by atoms with Crippen molar-refractivity contribution in [2.75, 3.05) is 0 Å². The van der Waals surface area contributed by atoms with Gasteiger partial charge in [-0.3, -0.25) is 0 Å². The fraction of sp³-hybridized carbons (Fsp3) is 0.0556. The first-order valence-electron chi connectivity index (χ1n) is 6.36. The lowest BCUT2D eigenvalue weighted by molar-refractivity contribution is 1.34. The second-order valence-electron chi connectivity index (χ2n) is 4.73. The topological polar surface area (TPSA) is 12.9 Å². The van der Waals surface area contributed by atoms with Crippen molar-refractivity contribution >= 4 is 16.5 Å². The highest BCUT2D eigenvalue weighted by Crippen LogP contribution is 2.22. The van der Waals surface area contributed by atoms with Crippen LogP contribution < -0.4 is 0 Å². The Morgan fingerprint density at radius 3 is 2.42 bits per heavy atom. The standard InChI is InChI=1S/C18H15N/c1-13-7-9-15(10-8-13)14(2)17-12-11-16-5-3-4-6-18(16)19-17/h3-12H,2H2,1H3. The quantitative estimate of drug-likeness (QED) is 0.642. The number of aryl methyl sites for hydroxylation is 1. The Labute approximate surface area is 113 Å². The number of benzene rings is 2. The van der Waals surface area contributed by atoms with E-state index in [-0.39, 0.29) is 0 Å². The number of pyridine rings is 1. The second-order valence-corrected chi connectivity index (χ2v) is 4.73. The van der Waals surface area contributed by atoms with Crippen LogP contribution in [0.5, 0.6) is 0 Å². The van der Waals surface area contributed by atoms with Gasteiger partial charge in [-0.05, 0) is 24.6 Å². The van der Waals surface area contributed by atoms with Gasteiger partial charge in [0.1, 0.15) is 0 Å². The lowest BCUT2D eigenvalue weighted by atomic mass is 10.0. The van der Waals surface area contributed by atoms with Crippen molar-refractivity contribution in [2.24, 2.45) is 0 Å². The Hall–Kier alpha value is -2.41. The summed E-state index contributed by atoms with van der Waals surface area (Å²) in [5.41, 5.74) is 5.28. The molecule has 0 radical (unpaired) electrons. The largest absolute Gasteiger partial charge is 0.248 e. The van der Waals surface area contributed by atoms with E-state index in [1.165, 1.54) is 5.56 Å². The molecule has 0 aliphatic heterocycles. The first kappa shape index (κ1) is 11.7. The molecule has 1 heteroatoms. The molecule has 0 aliphatic rings. The molecule has 3 rings (SSSR count). The number of hydrogen-bond donors (Lipinski definition) is 0. The van der Waals surface area contributed by atoms with Crippen molar-refractivity contribution in [3.8, 4) is 0 Å². The summed E-state index contributed by atoms with van der Waals surface area (Å²) in [6.45, 7) is 6.25. The van der Waals surface area contributed by atoms with E-state index in [0.717, 1.165) is 27.7 Å². The van der Waals surface area contributed by atoms with E-state index in [9.17, 15) is 0 Å². The molecular weight excluding hydrogens is 230 g/mol. The molecule has 0 bridgehead atoms. The van der Waals surface area contributed by atoms with Gasteiger partial charge in [-0.2, -0.15) is 0 Å². The molecule has 92 valence electrons. The van der Waals surface area contributed by atoms with Crippen LogP contribution in [0.3, 0.4) is 0 Å². The van der Waals surface area contributed by atoms with Gasteiger partial charge in [0.2, 0.25) is 0 Å². The number of nitrogens with zero attached hydrogens (tertiary/aromatic N) is 1. The molecule has 1 heterocycles. The molecule has 0 aliphatic carbocycles. The number of hydrogen-bond acceptors (Lipinski definition) is 1. The van der Waals surface area contributed by atoms with Crippen molar-refractivity contribution < 1.29 is 0 Å². The van der Waals surface area contributed by atoms with Gasteiger partial charge < -0.3 is 0 Å². The molecule has 2 aromatic carbocycles. The fourth-order valence-corrected chi connectivity index (χ4v) is 2.14. The maximum Gasteiger partial charge on any atom is 0.0709 e. The number of para-hydroxylation sites is 1. The van der Waals surface area contributed by atoms with E-state index in [1.54, 1.807) is 0 Å². The van der Waals surface area contributed by atoms with Gasteiger partial charge in [-0.1, -0.05) is 60.7 Å². The van der Waals surface area contributed by atoms with Crippen LogP contribution in [0.4, 0.5) is 0 Å². The molecule has 0 saturated heterocycles. The monoisotopic (exact) mass is 245 g/mol. The number of fused-ring (bicyclic) bond motifs is 1. The Balaban J connectivity index is 2.04. The van der Waals surface area contributed by atoms with Gasteiger partial charge in [-0.25, -0.2) is 4.98 Å².